The van der Waals surface area contributed by atoms with Crippen molar-refractivity contribution in [1.29, 1.82) is 0 Å². The molecule has 1 aromatic carbocycles. The zero-order chi connectivity index (χ0) is 18.1. The van der Waals surface area contributed by atoms with Crippen LogP contribution < -0.4 is 4.74 Å². The van der Waals surface area contributed by atoms with Crippen LogP contribution in [-0.2, 0) is 19.5 Å². The summed E-state index contributed by atoms with van der Waals surface area (Å²) in [6, 6.07) is 7.29. The van der Waals surface area contributed by atoms with Crippen molar-refractivity contribution in [2.45, 2.75) is 19.5 Å². The maximum absolute atomic E-state index is 10.1. The SMILES string of the molecule is COc1ccc(CN2CCc3nc(-c4ccco4)ncc3C2)c(Cl)c1O. The first-order valence-electron chi connectivity index (χ1n) is 8.31. The van der Waals surface area contributed by atoms with Gasteiger partial charge in [0.15, 0.2) is 23.1 Å². The Morgan fingerprint density at radius 1 is 1.35 bits per heavy atom. The van der Waals surface area contributed by atoms with E-state index in [2.05, 4.69) is 14.9 Å². The fourth-order valence-electron chi connectivity index (χ4n) is 3.15. The van der Waals surface area contributed by atoms with Gasteiger partial charge in [0.25, 0.3) is 0 Å². The van der Waals surface area contributed by atoms with Crippen molar-refractivity contribution in [2.75, 3.05) is 13.7 Å². The second kappa shape index (κ2) is 6.97. The monoisotopic (exact) mass is 371 g/mol. The number of hydrogen-bond acceptors (Lipinski definition) is 6. The fraction of sp³-hybridized carbons (Fsp3) is 0.263. The van der Waals surface area contributed by atoms with E-state index in [1.165, 1.54) is 7.11 Å². The molecule has 1 aliphatic heterocycles. The van der Waals surface area contributed by atoms with Gasteiger partial charge < -0.3 is 14.3 Å². The number of phenolic OH excluding ortho intramolecular Hbond substituents is 1. The first-order chi connectivity index (χ1) is 12.7. The molecule has 7 heteroatoms. The third-order valence-corrected chi connectivity index (χ3v) is 4.95. The number of benzene rings is 1. The van der Waals surface area contributed by atoms with Crippen molar-refractivity contribution in [2.24, 2.45) is 0 Å². The number of methoxy groups -OCH3 is 1. The van der Waals surface area contributed by atoms with Crippen LogP contribution in [0.25, 0.3) is 11.6 Å². The highest BCUT2D eigenvalue weighted by molar-refractivity contribution is 6.33. The quantitative estimate of drug-likeness (QED) is 0.754. The number of nitrogens with zero attached hydrogens (tertiary/aromatic N) is 3. The molecule has 0 bridgehead atoms. The molecule has 0 unspecified atom stereocenters. The van der Waals surface area contributed by atoms with E-state index in [0.29, 0.717) is 28.9 Å². The van der Waals surface area contributed by atoms with E-state index >= 15 is 0 Å². The maximum Gasteiger partial charge on any atom is 0.195 e. The van der Waals surface area contributed by atoms with E-state index in [9.17, 15) is 5.11 Å². The van der Waals surface area contributed by atoms with Crippen LogP contribution in [0.4, 0.5) is 0 Å². The Morgan fingerprint density at radius 3 is 3.00 bits per heavy atom. The predicted octanol–water partition coefficient (Wildman–Crippen LogP) is 3.66. The van der Waals surface area contributed by atoms with E-state index in [4.69, 9.17) is 20.8 Å². The molecule has 3 aromatic rings. The Morgan fingerprint density at radius 2 is 2.23 bits per heavy atom. The highest BCUT2D eigenvalue weighted by atomic mass is 35.5. The molecule has 0 saturated carbocycles. The van der Waals surface area contributed by atoms with Crippen molar-refractivity contribution in [3.05, 3.63) is 58.6 Å². The summed E-state index contributed by atoms with van der Waals surface area (Å²) in [6.07, 6.45) is 4.30. The number of halogens is 1. The lowest BCUT2D eigenvalue weighted by atomic mass is 10.1. The number of fused-ring (bicyclic) bond motifs is 1. The number of furan rings is 1. The molecular formula is C19H18ClN3O3. The number of ether oxygens (including phenoxy) is 1. The van der Waals surface area contributed by atoms with Crippen molar-refractivity contribution in [3.63, 3.8) is 0 Å². The second-order valence-corrected chi connectivity index (χ2v) is 6.57. The molecule has 134 valence electrons. The molecule has 6 nitrogen and oxygen atoms in total. The van der Waals surface area contributed by atoms with Crippen molar-refractivity contribution >= 4 is 11.6 Å². The van der Waals surface area contributed by atoms with Crippen LogP contribution in [0.1, 0.15) is 16.8 Å². The van der Waals surface area contributed by atoms with E-state index in [0.717, 1.165) is 36.3 Å². The molecule has 26 heavy (non-hydrogen) atoms. The summed E-state index contributed by atoms with van der Waals surface area (Å²) >= 11 is 6.28. The minimum absolute atomic E-state index is 0.0181. The summed E-state index contributed by atoms with van der Waals surface area (Å²) < 4.78 is 10.5. The van der Waals surface area contributed by atoms with Crippen LogP contribution in [0.2, 0.25) is 5.02 Å². The Balaban J connectivity index is 1.52. The Kier molecular flexibility index (Phi) is 4.53. The predicted molar refractivity (Wildman–Crippen MR) is 97.2 cm³/mol. The number of rotatable bonds is 4. The molecule has 4 rings (SSSR count). The lowest BCUT2D eigenvalue weighted by Crippen LogP contribution is -2.31. The van der Waals surface area contributed by atoms with Gasteiger partial charge in [0.05, 0.1) is 24.1 Å². The molecule has 1 N–H and O–H groups in total. The summed E-state index contributed by atoms with van der Waals surface area (Å²) in [5, 5.41) is 10.4. The molecule has 0 saturated heterocycles. The van der Waals surface area contributed by atoms with Crippen LogP contribution in [-0.4, -0.2) is 33.6 Å². The molecule has 0 spiro atoms. The highest BCUT2D eigenvalue weighted by Crippen LogP contribution is 2.37. The Hall–Kier alpha value is -2.57. The molecule has 2 aromatic heterocycles. The van der Waals surface area contributed by atoms with E-state index in [1.807, 2.05) is 24.4 Å². The van der Waals surface area contributed by atoms with Gasteiger partial charge in [-0.05, 0) is 23.8 Å². The summed E-state index contributed by atoms with van der Waals surface area (Å²) in [6.45, 7) is 2.22. The normalized spacial score (nSPS) is 14.2. The van der Waals surface area contributed by atoms with Crippen molar-refractivity contribution < 1.29 is 14.3 Å². The van der Waals surface area contributed by atoms with Gasteiger partial charge in [0.2, 0.25) is 0 Å². The topological polar surface area (TPSA) is 71.6 Å². The van der Waals surface area contributed by atoms with Crippen LogP contribution in [0, 0.1) is 0 Å². The first-order valence-corrected chi connectivity index (χ1v) is 8.69. The van der Waals surface area contributed by atoms with Crippen LogP contribution in [0.5, 0.6) is 11.5 Å². The largest absolute Gasteiger partial charge is 0.503 e. The van der Waals surface area contributed by atoms with Gasteiger partial charge >= 0.3 is 0 Å². The van der Waals surface area contributed by atoms with Crippen LogP contribution >= 0.6 is 11.6 Å². The fourth-order valence-corrected chi connectivity index (χ4v) is 3.37. The summed E-state index contributed by atoms with van der Waals surface area (Å²) in [7, 11) is 1.50. The van der Waals surface area contributed by atoms with Crippen LogP contribution in [0.3, 0.4) is 0 Å². The number of aromatic nitrogens is 2. The van der Waals surface area contributed by atoms with E-state index < -0.39 is 0 Å². The Labute approximate surface area is 156 Å². The third kappa shape index (κ3) is 3.13. The molecule has 0 radical (unpaired) electrons. The Bertz CT molecular complexity index is 928. The van der Waals surface area contributed by atoms with Gasteiger partial charge in [0.1, 0.15) is 0 Å². The molecule has 0 atom stereocenters. The number of phenols is 1. The third-order valence-electron chi connectivity index (χ3n) is 4.53. The average Bonchev–Trinajstić information content (AvgIpc) is 3.20. The highest BCUT2D eigenvalue weighted by Gasteiger charge is 2.21. The van der Waals surface area contributed by atoms with E-state index in [1.54, 1.807) is 12.3 Å². The molecule has 1 aliphatic rings. The molecule has 0 amide bonds. The maximum atomic E-state index is 10.1. The zero-order valence-electron chi connectivity index (χ0n) is 14.3. The zero-order valence-corrected chi connectivity index (χ0v) is 15.0. The number of aromatic hydroxyl groups is 1. The standard InChI is InChI=1S/C19H18ClN3O3/c1-25-15-5-4-12(17(20)18(15)24)10-23-7-6-14-13(11-23)9-21-19(22-14)16-3-2-8-26-16/h2-5,8-9,24H,6-7,10-11H2,1H3. The van der Waals surface area contributed by atoms with Gasteiger partial charge in [-0.25, -0.2) is 9.97 Å². The lowest BCUT2D eigenvalue weighted by molar-refractivity contribution is 0.242. The number of hydrogen-bond donors (Lipinski definition) is 1. The van der Waals surface area contributed by atoms with Crippen molar-refractivity contribution in [3.8, 4) is 23.1 Å². The van der Waals surface area contributed by atoms with Gasteiger partial charge in [0, 0.05) is 37.8 Å². The minimum Gasteiger partial charge on any atom is -0.503 e. The van der Waals surface area contributed by atoms with E-state index in [-0.39, 0.29) is 5.75 Å². The van der Waals surface area contributed by atoms with Crippen LogP contribution in [0.15, 0.2) is 41.1 Å². The lowest BCUT2D eigenvalue weighted by Gasteiger charge is -2.28. The minimum atomic E-state index is -0.0181. The molecule has 0 aliphatic carbocycles. The van der Waals surface area contributed by atoms with Gasteiger partial charge in [-0.15, -0.1) is 0 Å². The average molecular weight is 372 g/mol. The second-order valence-electron chi connectivity index (χ2n) is 6.19. The summed E-state index contributed by atoms with van der Waals surface area (Å²) in [5.74, 6) is 1.65. The molecule has 0 fully saturated rings. The smallest absolute Gasteiger partial charge is 0.195 e. The summed E-state index contributed by atoms with van der Waals surface area (Å²) in [5.41, 5.74) is 3.01. The molecule has 3 heterocycles. The van der Waals surface area contributed by atoms with Gasteiger partial charge in [-0.3, -0.25) is 4.90 Å². The van der Waals surface area contributed by atoms with Gasteiger partial charge in [-0.2, -0.15) is 0 Å². The van der Waals surface area contributed by atoms with Crippen molar-refractivity contribution in [1.82, 2.24) is 14.9 Å². The molecular weight excluding hydrogens is 354 g/mol. The van der Waals surface area contributed by atoms with Gasteiger partial charge in [-0.1, -0.05) is 17.7 Å². The first kappa shape index (κ1) is 16.9. The summed E-state index contributed by atoms with van der Waals surface area (Å²) in [4.78, 5) is 11.3.